The standard InChI is InChI=1S/C33H36N2O5/c1-4-5-6-7-8-18-37-25-14-12-24(13-15-25)31-27-17-16-26(19-29(27)40-33(35)28(31)20-34)39-30(36)21-38-32-22(2)10-9-11-23(32)3/h9-17,19,31H,4-8,18,21,35H2,1-3H3. The fourth-order valence-corrected chi connectivity index (χ4v) is 4.81. The first kappa shape index (κ1) is 28.6. The average Bonchev–Trinajstić information content (AvgIpc) is 2.94. The summed E-state index contributed by atoms with van der Waals surface area (Å²) in [5.74, 6) is 1.23. The van der Waals surface area contributed by atoms with Crippen LogP contribution in [0.15, 0.2) is 72.1 Å². The van der Waals surface area contributed by atoms with Gasteiger partial charge in [-0.05, 0) is 55.2 Å². The molecule has 7 heteroatoms. The molecule has 0 bridgehead atoms. The van der Waals surface area contributed by atoms with E-state index in [4.69, 9.17) is 24.7 Å². The minimum atomic E-state index is -0.544. The summed E-state index contributed by atoms with van der Waals surface area (Å²) in [6.45, 7) is 6.49. The largest absolute Gasteiger partial charge is 0.494 e. The van der Waals surface area contributed by atoms with Gasteiger partial charge in [-0.15, -0.1) is 0 Å². The molecule has 1 heterocycles. The van der Waals surface area contributed by atoms with Crippen LogP contribution in [-0.4, -0.2) is 19.2 Å². The maximum atomic E-state index is 12.5. The van der Waals surface area contributed by atoms with Crippen LogP contribution >= 0.6 is 0 Å². The molecule has 0 fully saturated rings. The Balaban J connectivity index is 1.44. The Morgan fingerprint density at radius 2 is 1.65 bits per heavy atom. The van der Waals surface area contributed by atoms with Crippen molar-refractivity contribution in [2.75, 3.05) is 13.2 Å². The molecule has 1 atom stereocenters. The number of aryl methyl sites for hydroxylation is 2. The second-order valence-electron chi connectivity index (χ2n) is 9.94. The Bertz CT molecular complexity index is 1390. The van der Waals surface area contributed by atoms with Crippen LogP contribution < -0.4 is 24.7 Å². The first-order chi connectivity index (χ1) is 19.4. The van der Waals surface area contributed by atoms with Gasteiger partial charge in [0, 0.05) is 11.6 Å². The maximum absolute atomic E-state index is 12.5. The van der Waals surface area contributed by atoms with Crippen molar-refractivity contribution in [2.45, 2.75) is 58.8 Å². The van der Waals surface area contributed by atoms with Crippen LogP contribution in [0.25, 0.3) is 0 Å². The average molecular weight is 541 g/mol. The number of fused-ring (bicyclic) bond motifs is 1. The highest BCUT2D eigenvalue weighted by Gasteiger charge is 2.31. The normalized spacial score (nSPS) is 14.1. The quantitative estimate of drug-likeness (QED) is 0.152. The molecule has 3 aromatic rings. The summed E-state index contributed by atoms with van der Waals surface area (Å²) in [5.41, 5.74) is 9.99. The molecular weight excluding hydrogens is 504 g/mol. The van der Waals surface area contributed by atoms with Crippen molar-refractivity contribution in [1.29, 1.82) is 5.26 Å². The van der Waals surface area contributed by atoms with Crippen molar-refractivity contribution >= 4 is 5.97 Å². The molecule has 0 amide bonds. The number of benzene rings is 3. The van der Waals surface area contributed by atoms with E-state index >= 15 is 0 Å². The molecule has 40 heavy (non-hydrogen) atoms. The third-order valence-electron chi connectivity index (χ3n) is 6.90. The van der Waals surface area contributed by atoms with Crippen LogP contribution in [0.4, 0.5) is 0 Å². The third kappa shape index (κ3) is 6.95. The number of esters is 1. The topological polar surface area (TPSA) is 104 Å². The van der Waals surface area contributed by atoms with E-state index in [2.05, 4.69) is 13.0 Å². The molecule has 0 aromatic heterocycles. The lowest BCUT2D eigenvalue weighted by molar-refractivity contribution is -0.136. The monoisotopic (exact) mass is 540 g/mol. The van der Waals surface area contributed by atoms with E-state index in [-0.39, 0.29) is 12.5 Å². The lowest BCUT2D eigenvalue weighted by Gasteiger charge is -2.26. The van der Waals surface area contributed by atoms with Crippen molar-refractivity contribution in [3.8, 4) is 29.1 Å². The van der Waals surface area contributed by atoms with Gasteiger partial charge in [0.25, 0.3) is 0 Å². The fourth-order valence-electron chi connectivity index (χ4n) is 4.81. The zero-order valence-corrected chi connectivity index (χ0v) is 23.4. The molecule has 0 radical (unpaired) electrons. The Kier molecular flexibility index (Phi) is 9.69. The molecule has 0 saturated carbocycles. The minimum Gasteiger partial charge on any atom is -0.494 e. The number of nitrogens with zero attached hydrogens (tertiary/aromatic N) is 1. The van der Waals surface area contributed by atoms with Gasteiger partial charge in [0.15, 0.2) is 6.61 Å². The Hall–Kier alpha value is -4.44. The van der Waals surface area contributed by atoms with Crippen molar-refractivity contribution in [3.63, 3.8) is 0 Å². The van der Waals surface area contributed by atoms with E-state index in [0.717, 1.165) is 40.8 Å². The van der Waals surface area contributed by atoms with E-state index in [9.17, 15) is 10.1 Å². The molecule has 3 aromatic carbocycles. The predicted molar refractivity (Wildman–Crippen MR) is 153 cm³/mol. The van der Waals surface area contributed by atoms with E-state index in [1.54, 1.807) is 18.2 Å². The van der Waals surface area contributed by atoms with Crippen molar-refractivity contribution in [2.24, 2.45) is 5.73 Å². The number of hydrogen-bond acceptors (Lipinski definition) is 7. The van der Waals surface area contributed by atoms with E-state index < -0.39 is 11.9 Å². The number of nitrogens with two attached hydrogens (primary N) is 1. The summed E-state index contributed by atoms with van der Waals surface area (Å²) in [5, 5.41) is 9.87. The lowest BCUT2D eigenvalue weighted by atomic mass is 9.83. The second-order valence-corrected chi connectivity index (χ2v) is 9.94. The van der Waals surface area contributed by atoms with Gasteiger partial charge in [-0.1, -0.05) is 69.0 Å². The van der Waals surface area contributed by atoms with Crippen LogP contribution in [0.5, 0.6) is 23.0 Å². The Labute approximate surface area is 236 Å². The fraction of sp³-hybridized carbons (Fsp3) is 0.333. The van der Waals surface area contributed by atoms with Gasteiger partial charge < -0.3 is 24.7 Å². The van der Waals surface area contributed by atoms with Gasteiger partial charge in [0.2, 0.25) is 5.88 Å². The summed E-state index contributed by atoms with van der Waals surface area (Å²) >= 11 is 0. The first-order valence-corrected chi connectivity index (χ1v) is 13.7. The second kappa shape index (κ2) is 13.6. The van der Waals surface area contributed by atoms with E-state index in [1.807, 2.05) is 56.3 Å². The Morgan fingerprint density at radius 1 is 0.950 bits per heavy atom. The molecule has 208 valence electrons. The highest BCUT2D eigenvalue weighted by atomic mass is 16.6. The number of allylic oxidation sites excluding steroid dienone is 1. The molecule has 0 spiro atoms. The molecule has 0 saturated heterocycles. The highest BCUT2D eigenvalue weighted by Crippen LogP contribution is 2.43. The smallest absolute Gasteiger partial charge is 0.349 e. The number of carbonyl (C=O) groups excluding carboxylic acids is 1. The predicted octanol–water partition coefficient (Wildman–Crippen LogP) is 6.86. The van der Waals surface area contributed by atoms with Crippen LogP contribution in [0.2, 0.25) is 0 Å². The van der Waals surface area contributed by atoms with Gasteiger partial charge in [0.05, 0.1) is 12.5 Å². The first-order valence-electron chi connectivity index (χ1n) is 13.7. The number of carbonyl (C=O) groups is 1. The number of unbranched alkanes of at least 4 members (excludes halogenated alkanes) is 4. The van der Waals surface area contributed by atoms with Gasteiger partial charge in [-0.3, -0.25) is 0 Å². The molecule has 1 aliphatic rings. The molecule has 4 rings (SSSR count). The summed E-state index contributed by atoms with van der Waals surface area (Å²) < 4.78 is 22.9. The summed E-state index contributed by atoms with van der Waals surface area (Å²) in [7, 11) is 0. The van der Waals surface area contributed by atoms with Crippen molar-refractivity contribution < 1.29 is 23.7 Å². The summed E-state index contributed by atoms with van der Waals surface area (Å²) in [6.07, 6.45) is 5.89. The number of nitriles is 1. The summed E-state index contributed by atoms with van der Waals surface area (Å²) in [6, 6.07) is 20.8. The van der Waals surface area contributed by atoms with Crippen LogP contribution in [0.1, 0.15) is 67.2 Å². The lowest BCUT2D eigenvalue weighted by Crippen LogP contribution is -2.22. The number of hydrogen-bond donors (Lipinski definition) is 1. The van der Waals surface area contributed by atoms with Crippen LogP contribution in [-0.2, 0) is 4.79 Å². The maximum Gasteiger partial charge on any atom is 0.349 e. The van der Waals surface area contributed by atoms with Gasteiger partial charge >= 0.3 is 5.97 Å². The van der Waals surface area contributed by atoms with Gasteiger partial charge in [-0.2, -0.15) is 5.26 Å². The minimum absolute atomic E-state index is 0.0224. The Morgan fingerprint density at radius 3 is 2.35 bits per heavy atom. The van der Waals surface area contributed by atoms with Gasteiger partial charge in [0.1, 0.15) is 34.6 Å². The zero-order chi connectivity index (χ0) is 28.5. The number of rotatable bonds is 12. The third-order valence-corrected chi connectivity index (χ3v) is 6.90. The highest BCUT2D eigenvalue weighted by molar-refractivity contribution is 5.74. The molecular formula is C33H36N2O5. The SMILES string of the molecule is CCCCCCCOc1ccc(C2C(C#N)=C(N)Oc3cc(OC(=O)COc4c(C)cccc4C)ccc32)cc1. The molecule has 1 aliphatic heterocycles. The van der Waals surface area contributed by atoms with Gasteiger partial charge in [-0.25, -0.2) is 4.79 Å². The van der Waals surface area contributed by atoms with Crippen molar-refractivity contribution in [1.82, 2.24) is 0 Å². The number of ether oxygens (including phenoxy) is 4. The molecule has 2 N–H and O–H groups in total. The zero-order valence-electron chi connectivity index (χ0n) is 23.4. The van der Waals surface area contributed by atoms with Crippen molar-refractivity contribution in [3.05, 3.63) is 94.4 Å². The van der Waals surface area contributed by atoms with E-state index in [1.165, 1.54) is 19.3 Å². The molecule has 0 aliphatic carbocycles. The number of para-hydroxylation sites is 1. The molecule has 7 nitrogen and oxygen atoms in total. The van der Waals surface area contributed by atoms with Crippen LogP contribution in [0, 0.1) is 25.2 Å². The van der Waals surface area contributed by atoms with Crippen LogP contribution in [0.3, 0.4) is 0 Å². The van der Waals surface area contributed by atoms with E-state index in [0.29, 0.717) is 29.4 Å². The molecule has 1 unspecified atom stereocenters. The summed E-state index contributed by atoms with van der Waals surface area (Å²) in [4.78, 5) is 12.5.